The topological polar surface area (TPSA) is 90.2 Å². The van der Waals surface area contributed by atoms with E-state index in [1.165, 1.54) is 0 Å². The van der Waals surface area contributed by atoms with E-state index in [1.807, 2.05) is 0 Å². The van der Waals surface area contributed by atoms with Crippen LogP contribution in [0, 0.1) is 0 Å². The summed E-state index contributed by atoms with van der Waals surface area (Å²) in [5.74, 6) is 0. The second-order valence-electron chi connectivity index (χ2n) is 0.789. The van der Waals surface area contributed by atoms with E-state index in [-0.39, 0.29) is 73.1 Å². The van der Waals surface area contributed by atoms with Crippen LogP contribution in [0.1, 0.15) is 2.85 Å². The van der Waals surface area contributed by atoms with Crippen molar-refractivity contribution in [3.63, 3.8) is 0 Å². The van der Waals surface area contributed by atoms with Gasteiger partial charge in [0, 0.05) is 0 Å². The molecule has 0 aromatic rings. The Hall–Kier alpha value is 2.16. The molecule has 0 spiro atoms. The van der Waals surface area contributed by atoms with E-state index in [4.69, 9.17) is 20.1 Å². The molecule has 0 aliphatic carbocycles. The Morgan fingerprint density at radius 3 is 1.22 bits per heavy atom. The molecule has 0 aliphatic rings. The van der Waals surface area contributed by atoms with Crippen LogP contribution >= 0.6 is 0 Å². The van der Waals surface area contributed by atoms with Crippen molar-refractivity contribution in [3.05, 3.63) is 0 Å². The van der Waals surface area contributed by atoms with E-state index < -0.39 is 14.6 Å². The zero-order valence-corrected chi connectivity index (χ0v) is 8.47. The largest absolute Gasteiger partial charge is 1.00 e. The van der Waals surface area contributed by atoms with Gasteiger partial charge in [-0.1, -0.05) is 0 Å². The summed E-state index contributed by atoms with van der Waals surface area (Å²) in [6.07, 6.45) is 0. The predicted octanol–water partition coefficient (Wildman–Crippen LogP) is -8.82. The van der Waals surface area contributed by atoms with Gasteiger partial charge in [-0.25, -0.2) is 0 Å². The standard InChI is InChI=1S/B2H4O5.K.Li.2H/c3-1(4)7-2(5)6;;;;/h3-6H;;;;/q;2*+1;2*-1. The van der Waals surface area contributed by atoms with Gasteiger partial charge in [0.1, 0.15) is 0 Å². The van der Waals surface area contributed by atoms with Crippen molar-refractivity contribution in [2.45, 2.75) is 0 Å². The van der Waals surface area contributed by atoms with E-state index >= 15 is 0 Å². The molecule has 5 nitrogen and oxygen atoms in total. The molecule has 0 rings (SSSR count). The summed E-state index contributed by atoms with van der Waals surface area (Å²) in [4.78, 5) is 0. The molecule has 0 unspecified atom stereocenters. The van der Waals surface area contributed by atoms with E-state index in [1.54, 1.807) is 0 Å². The predicted molar refractivity (Wildman–Crippen MR) is 23.7 cm³/mol. The van der Waals surface area contributed by atoms with Gasteiger partial charge in [0.2, 0.25) is 0 Å². The molecule has 0 fully saturated rings. The van der Waals surface area contributed by atoms with Crippen molar-refractivity contribution in [1.29, 1.82) is 0 Å². The summed E-state index contributed by atoms with van der Waals surface area (Å²) in [5, 5.41) is 30.9. The van der Waals surface area contributed by atoms with Gasteiger partial charge in [-0.3, -0.25) is 0 Å². The Morgan fingerprint density at radius 2 is 1.22 bits per heavy atom. The summed E-state index contributed by atoms with van der Waals surface area (Å²) >= 11 is 0. The summed E-state index contributed by atoms with van der Waals surface area (Å²) in [5.41, 5.74) is 0. The molecule has 0 aliphatic heterocycles. The van der Waals surface area contributed by atoms with Gasteiger partial charge < -0.3 is 27.5 Å². The minimum absolute atomic E-state index is 0. The Bertz CT molecular complexity index is 51.7. The maximum atomic E-state index is 7.74. The molecule has 0 aromatic heterocycles. The molecule has 0 saturated heterocycles. The van der Waals surface area contributed by atoms with E-state index in [0.29, 0.717) is 0 Å². The number of hydrogen-bond acceptors (Lipinski definition) is 5. The maximum Gasteiger partial charge on any atom is 1.00 e. The molecule has 44 valence electrons. The van der Waals surface area contributed by atoms with Gasteiger partial charge in [-0.2, -0.15) is 0 Å². The van der Waals surface area contributed by atoms with Crippen LogP contribution in [-0.4, -0.2) is 34.7 Å². The molecular formula is H6B2KLiO5. The van der Waals surface area contributed by atoms with E-state index in [2.05, 4.69) is 4.57 Å². The SMILES string of the molecule is OB(O)OB(O)O.[H-].[H-].[K+].[Li+]. The smallest absolute Gasteiger partial charge is 1.00 e. The zero-order valence-electron chi connectivity index (χ0n) is 7.35. The Labute approximate surface area is 111 Å². The third-order valence-electron chi connectivity index (χ3n) is 0.243. The first-order valence-corrected chi connectivity index (χ1v) is 1.50. The van der Waals surface area contributed by atoms with Crippen LogP contribution in [0.3, 0.4) is 0 Å². The minimum Gasteiger partial charge on any atom is -1.00 e. The summed E-state index contributed by atoms with van der Waals surface area (Å²) in [6, 6.07) is 0. The molecule has 0 bridgehead atoms. The fraction of sp³-hybridized carbons (Fsp3) is 0. The third kappa shape index (κ3) is 17.8. The second-order valence-corrected chi connectivity index (χ2v) is 0.789. The van der Waals surface area contributed by atoms with Crippen LogP contribution in [0.25, 0.3) is 0 Å². The number of hydrogen-bond donors (Lipinski definition) is 4. The zero-order chi connectivity index (χ0) is 5.86. The van der Waals surface area contributed by atoms with Crippen molar-refractivity contribution in [3.8, 4) is 0 Å². The monoisotopic (exact) mass is 154 g/mol. The fourth-order valence-electron chi connectivity index (χ4n) is 0.109. The summed E-state index contributed by atoms with van der Waals surface area (Å²) in [7, 11) is -4.25. The van der Waals surface area contributed by atoms with Crippen molar-refractivity contribution < 1.29 is 97.8 Å². The van der Waals surface area contributed by atoms with E-state index in [0.717, 1.165) is 0 Å². The van der Waals surface area contributed by atoms with Crippen LogP contribution in [0.15, 0.2) is 0 Å². The molecule has 0 aromatic carbocycles. The molecule has 9 heteroatoms. The normalized spacial score (nSPS) is 6.67. The van der Waals surface area contributed by atoms with Gasteiger partial charge in [0.25, 0.3) is 0 Å². The van der Waals surface area contributed by atoms with Crippen LogP contribution in [0.4, 0.5) is 0 Å². The Kier molecular flexibility index (Phi) is 19.5. The molecular weight excluding hydrogens is 148 g/mol. The molecule has 0 saturated carbocycles. The third-order valence-corrected chi connectivity index (χ3v) is 0.243. The van der Waals surface area contributed by atoms with Gasteiger partial charge in [0.15, 0.2) is 0 Å². The summed E-state index contributed by atoms with van der Waals surface area (Å²) < 4.78 is 3.47. The van der Waals surface area contributed by atoms with Gasteiger partial charge in [-0.05, 0) is 0 Å². The first-order valence-electron chi connectivity index (χ1n) is 1.50. The van der Waals surface area contributed by atoms with Crippen molar-refractivity contribution in [2.75, 3.05) is 0 Å². The average Bonchev–Trinajstić information content (AvgIpc) is 1.27. The van der Waals surface area contributed by atoms with Gasteiger partial charge in [0.05, 0.1) is 0 Å². The molecule has 0 amide bonds. The quantitative estimate of drug-likeness (QED) is 0.296. The fourth-order valence-corrected chi connectivity index (χ4v) is 0.109. The molecule has 0 radical (unpaired) electrons. The van der Waals surface area contributed by atoms with Crippen LogP contribution in [-0.2, 0) is 4.57 Å². The number of rotatable bonds is 2. The van der Waals surface area contributed by atoms with Crippen molar-refractivity contribution in [2.24, 2.45) is 0 Å². The summed E-state index contributed by atoms with van der Waals surface area (Å²) in [6.45, 7) is 0. The Balaban J connectivity index is -0.0000000300. The minimum atomic E-state index is -2.13. The second kappa shape index (κ2) is 10.2. The van der Waals surface area contributed by atoms with Gasteiger partial charge in [-0.15, -0.1) is 0 Å². The molecule has 9 heavy (non-hydrogen) atoms. The van der Waals surface area contributed by atoms with Crippen molar-refractivity contribution >= 4 is 14.6 Å². The van der Waals surface area contributed by atoms with Gasteiger partial charge >= 0.3 is 84.9 Å². The van der Waals surface area contributed by atoms with E-state index in [9.17, 15) is 0 Å². The average molecular weight is 154 g/mol. The van der Waals surface area contributed by atoms with Crippen molar-refractivity contribution in [1.82, 2.24) is 0 Å². The van der Waals surface area contributed by atoms with Crippen LogP contribution in [0.2, 0.25) is 0 Å². The van der Waals surface area contributed by atoms with Crippen LogP contribution in [0.5, 0.6) is 0 Å². The molecule has 4 N–H and O–H groups in total. The first kappa shape index (κ1) is 17.3. The first-order chi connectivity index (χ1) is 3.13. The molecule has 0 atom stereocenters. The molecule has 0 heterocycles. The maximum absolute atomic E-state index is 7.74. The van der Waals surface area contributed by atoms with Crippen LogP contribution < -0.4 is 70.2 Å². The Morgan fingerprint density at radius 1 is 1.00 bits per heavy atom.